The lowest BCUT2D eigenvalue weighted by Crippen LogP contribution is -2.28. The van der Waals surface area contributed by atoms with Crippen LogP contribution in [0, 0.1) is 0 Å². The van der Waals surface area contributed by atoms with Gasteiger partial charge in [0, 0.05) is 13.1 Å². The maximum Gasteiger partial charge on any atom is 0.325 e. The first-order valence-electron chi connectivity index (χ1n) is 7.00. The van der Waals surface area contributed by atoms with E-state index in [4.69, 9.17) is 0 Å². The number of nitrogens with zero attached hydrogens (tertiary/aromatic N) is 1. The second-order valence-corrected chi connectivity index (χ2v) is 4.67. The number of rotatable bonds is 9. The minimum absolute atomic E-state index is 0.470. The molecule has 0 radical (unpaired) electrons. The standard InChI is InChI=1S/C16H24N2O2/c1-4-11-17-15(16(19)20)14-9-7-13(8-10-14)12-18(5-2)6-3/h4,7-10,15,17H,1,5-6,11-12H2,2-3H3,(H,19,20). The first-order valence-corrected chi connectivity index (χ1v) is 7.00. The molecule has 0 aliphatic heterocycles. The topological polar surface area (TPSA) is 52.6 Å². The van der Waals surface area contributed by atoms with Crippen molar-refractivity contribution in [2.45, 2.75) is 26.4 Å². The molecule has 0 heterocycles. The second kappa shape index (κ2) is 8.51. The molecule has 0 saturated carbocycles. The van der Waals surface area contributed by atoms with Crippen molar-refractivity contribution in [3.63, 3.8) is 0 Å². The molecule has 20 heavy (non-hydrogen) atoms. The fraction of sp³-hybridized carbons (Fsp3) is 0.438. The van der Waals surface area contributed by atoms with Crippen LogP contribution >= 0.6 is 0 Å². The van der Waals surface area contributed by atoms with Crippen LogP contribution in [0.4, 0.5) is 0 Å². The molecular formula is C16H24N2O2. The van der Waals surface area contributed by atoms with Crippen molar-refractivity contribution in [3.8, 4) is 0 Å². The van der Waals surface area contributed by atoms with Gasteiger partial charge < -0.3 is 5.11 Å². The van der Waals surface area contributed by atoms with E-state index in [0.717, 1.165) is 25.2 Å². The summed E-state index contributed by atoms with van der Waals surface area (Å²) in [6.07, 6.45) is 1.66. The Labute approximate surface area is 121 Å². The van der Waals surface area contributed by atoms with Gasteiger partial charge in [-0.3, -0.25) is 15.0 Å². The Bertz CT molecular complexity index is 425. The molecule has 0 saturated heterocycles. The van der Waals surface area contributed by atoms with Gasteiger partial charge in [0.15, 0.2) is 0 Å². The predicted molar refractivity (Wildman–Crippen MR) is 81.6 cm³/mol. The summed E-state index contributed by atoms with van der Waals surface area (Å²) in [6.45, 7) is 11.2. The molecule has 1 rings (SSSR count). The number of benzene rings is 1. The van der Waals surface area contributed by atoms with Crippen molar-refractivity contribution in [1.29, 1.82) is 0 Å². The molecule has 2 N–H and O–H groups in total. The molecule has 1 aromatic carbocycles. The van der Waals surface area contributed by atoms with Gasteiger partial charge in [-0.25, -0.2) is 0 Å². The molecule has 0 aliphatic carbocycles. The summed E-state index contributed by atoms with van der Waals surface area (Å²) in [5.74, 6) is -0.872. The van der Waals surface area contributed by atoms with Crippen LogP contribution in [0.1, 0.15) is 31.0 Å². The summed E-state index contributed by atoms with van der Waals surface area (Å²) in [5, 5.41) is 12.2. The average Bonchev–Trinajstić information content (AvgIpc) is 2.46. The minimum Gasteiger partial charge on any atom is -0.480 e. The lowest BCUT2D eigenvalue weighted by Gasteiger charge is -2.19. The van der Waals surface area contributed by atoms with Crippen LogP contribution in [0.3, 0.4) is 0 Å². The van der Waals surface area contributed by atoms with Crippen molar-refractivity contribution < 1.29 is 9.90 Å². The Kier molecular flexibility index (Phi) is 6.98. The van der Waals surface area contributed by atoms with Crippen molar-refractivity contribution in [3.05, 3.63) is 48.0 Å². The van der Waals surface area contributed by atoms with Gasteiger partial charge in [0.25, 0.3) is 0 Å². The zero-order valence-corrected chi connectivity index (χ0v) is 12.3. The Hall–Kier alpha value is -1.65. The highest BCUT2D eigenvalue weighted by Gasteiger charge is 2.18. The minimum atomic E-state index is -0.872. The van der Waals surface area contributed by atoms with Crippen molar-refractivity contribution in [2.24, 2.45) is 0 Å². The predicted octanol–water partition coefficient (Wildman–Crippen LogP) is 2.43. The Balaban J connectivity index is 2.77. The number of hydrogen-bond donors (Lipinski definition) is 2. The van der Waals surface area contributed by atoms with Gasteiger partial charge in [0.05, 0.1) is 0 Å². The van der Waals surface area contributed by atoms with Crippen molar-refractivity contribution in [1.82, 2.24) is 10.2 Å². The lowest BCUT2D eigenvalue weighted by atomic mass is 10.0. The van der Waals surface area contributed by atoms with E-state index in [1.807, 2.05) is 24.3 Å². The Morgan fingerprint density at radius 2 is 1.95 bits per heavy atom. The van der Waals surface area contributed by atoms with Crippen LogP contribution in [0.5, 0.6) is 0 Å². The molecule has 1 unspecified atom stereocenters. The van der Waals surface area contributed by atoms with Crippen LogP contribution in [-0.4, -0.2) is 35.6 Å². The molecule has 0 bridgehead atoms. The smallest absolute Gasteiger partial charge is 0.325 e. The number of aliphatic carboxylic acids is 1. The van der Waals surface area contributed by atoms with E-state index in [9.17, 15) is 9.90 Å². The van der Waals surface area contributed by atoms with Gasteiger partial charge in [-0.2, -0.15) is 0 Å². The summed E-state index contributed by atoms with van der Waals surface area (Å²) < 4.78 is 0. The molecule has 0 spiro atoms. The Morgan fingerprint density at radius 1 is 1.35 bits per heavy atom. The van der Waals surface area contributed by atoms with E-state index in [2.05, 4.69) is 30.6 Å². The summed E-state index contributed by atoms with van der Waals surface area (Å²) in [5.41, 5.74) is 1.97. The zero-order chi connectivity index (χ0) is 15.0. The highest BCUT2D eigenvalue weighted by atomic mass is 16.4. The summed E-state index contributed by atoms with van der Waals surface area (Å²) in [4.78, 5) is 13.6. The molecule has 110 valence electrons. The van der Waals surface area contributed by atoms with Gasteiger partial charge in [0.1, 0.15) is 6.04 Å². The third-order valence-electron chi connectivity index (χ3n) is 3.33. The molecule has 0 amide bonds. The molecule has 0 aliphatic rings. The Morgan fingerprint density at radius 3 is 2.40 bits per heavy atom. The normalized spacial score (nSPS) is 12.3. The van der Waals surface area contributed by atoms with E-state index >= 15 is 0 Å². The van der Waals surface area contributed by atoms with Crippen LogP contribution in [-0.2, 0) is 11.3 Å². The highest BCUT2D eigenvalue weighted by Crippen LogP contribution is 2.15. The van der Waals surface area contributed by atoms with E-state index in [0.29, 0.717) is 6.54 Å². The quantitative estimate of drug-likeness (QED) is 0.680. The number of carboxylic acids is 1. The number of carboxylic acid groups (broad SMARTS) is 1. The molecular weight excluding hydrogens is 252 g/mol. The fourth-order valence-corrected chi connectivity index (χ4v) is 2.07. The maximum absolute atomic E-state index is 11.3. The largest absolute Gasteiger partial charge is 0.480 e. The number of hydrogen-bond acceptors (Lipinski definition) is 3. The van der Waals surface area contributed by atoms with Crippen LogP contribution in [0.15, 0.2) is 36.9 Å². The number of nitrogens with one attached hydrogen (secondary N) is 1. The monoisotopic (exact) mass is 276 g/mol. The van der Waals surface area contributed by atoms with E-state index in [-0.39, 0.29) is 0 Å². The van der Waals surface area contributed by atoms with Gasteiger partial charge >= 0.3 is 5.97 Å². The van der Waals surface area contributed by atoms with Crippen LogP contribution in [0.2, 0.25) is 0 Å². The third kappa shape index (κ3) is 4.79. The zero-order valence-electron chi connectivity index (χ0n) is 12.3. The van der Waals surface area contributed by atoms with Crippen molar-refractivity contribution >= 4 is 5.97 Å². The molecule has 4 heteroatoms. The summed E-state index contributed by atoms with van der Waals surface area (Å²) in [7, 11) is 0. The summed E-state index contributed by atoms with van der Waals surface area (Å²) in [6, 6.07) is 7.08. The van der Waals surface area contributed by atoms with Crippen LogP contribution < -0.4 is 5.32 Å². The first kappa shape index (κ1) is 16.4. The fourth-order valence-electron chi connectivity index (χ4n) is 2.07. The SMILES string of the molecule is C=CCNC(C(=O)O)c1ccc(CN(CC)CC)cc1. The van der Waals surface area contributed by atoms with E-state index < -0.39 is 12.0 Å². The lowest BCUT2D eigenvalue weighted by molar-refractivity contribution is -0.139. The number of carbonyl (C=O) groups is 1. The second-order valence-electron chi connectivity index (χ2n) is 4.67. The average molecular weight is 276 g/mol. The molecule has 1 atom stereocenters. The molecule has 0 aromatic heterocycles. The first-order chi connectivity index (χ1) is 9.62. The van der Waals surface area contributed by atoms with Gasteiger partial charge in [-0.15, -0.1) is 6.58 Å². The maximum atomic E-state index is 11.3. The van der Waals surface area contributed by atoms with Crippen molar-refractivity contribution in [2.75, 3.05) is 19.6 Å². The van der Waals surface area contributed by atoms with Crippen LogP contribution in [0.25, 0.3) is 0 Å². The van der Waals surface area contributed by atoms with Gasteiger partial charge in [-0.1, -0.05) is 44.2 Å². The van der Waals surface area contributed by atoms with Gasteiger partial charge in [0.2, 0.25) is 0 Å². The van der Waals surface area contributed by atoms with E-state index in [1.54, 1.807) is 6.08 Å². The summed E-state index contributed by atoms with van der Waals surface area (Å²) >= 11 is 0. The van der Waals surface area contributed by atoms with E-state index in [1.165, 1.54) is 5.56 Å². The molecule has 4 nitrogen and oxygen atoms in total. The molecule has 0 fully saturated rings. The third-order valence-corrected chi connectivity index (χ3v) is 3.33. The highest BCUT2D eigenvalue weighted by molar-refractivity contribution is 5.75. The molecule has 1 aromatic rings. The van der Waals surface area contributed by atoms with Gasteiger partial charge in [-0.05, 0) is 24.2 Å².